The van der Waals surface area contributed by atoms with E-state index in [0.29, 0.717) is 34.7 Å². The minimum atomic E-state index is -0.867. The maximum absolute atomic E-state index is 13.5. The Labute approximate surface area is 228 Å². The van der Waals surface area contributed by atoms with Gasteiger partial charge in [0.1, 0.15) is 11.5 Å². The second-order valence-electron chi connectivity index (χ2n) is 9.64. The van der Waals surface area contributed by atoms with Crippen molar-refractivity contribution in [1.82, 2.24) is 0 Å². The van der Waals surface area contributed by atoms with Crippen LogP contribution in [-0.2, 0) is 20.7 Å². The Morgan fingerprint density at radius 1 is 0.949 bits per heavy atom. The summed E-state index contributed by atoms with van der Waals surface area (Å²) in [5.41, 5.74) is 3.83. The lowest BCUT2D eigenvalue weighted by Gasteiger charge is -2.26. The summed E-state index contributed by atoms with van der Waals surface area (Å²) >= 11 is 0. The van der Waals surface area contributed by atoms with Crippen molar-refractivity contribution >= 4 is 29.1 Å². The van der Waals surface area contributed by atoms with E-state index >= 15 is 0 Å². The number of carbonyl (C=O) groups excluding carboxylic acids is 3. The van der Waals surface area contributed by atoms with Crippen LogP contribution >= 0.6 is 0 Å². The Bertz CT molecular complexity index is 1420. The van der Waals surface area contributed by atoms with Gasteiger partial charge in [-0.1, -0.05) is 45.0 Å². The summed E-state index contributed by atoms with van der Waals surface area (Å²) in [6.45, 7) is 8.49. The van der Waals surface area contributed by atoms with Gasteiger partial charge < -0.3 is 14.6 Å². The maximum atomic E-state index is 13.5. The van der Waals surface area contributed by atoms with Crippen molar-refractivity contribution in [2.24, 2.45) is 0 Å². The molecule has 202 valence electrons. The molecular formula is C32H33NO6. The first-order valence-electron chi connectivity index (χ1n) is 13.1. The Hall–Kier alpha value is -4.39. The summed E-state index contributed by atoms with van der Waals surface area (Å²) in [5.74, 6) is -1.49. The van der Waals surface area contributed by atoms with Crippen LogP contribution < -0.4 is 9.64 Å². The van der Waals surface area contributed by atoms with Gasteiger partial charge in [-0.15, -0.1) is 0 Å². The van der Waals surface area contributed by atoms with Gasteiger partial charge in [0, 0.05) is 11.3 Å². The summed E-state index contributed by atoms with van der Waals surface area (Å²) in [6, 6.07) is 18.3. The fourth-order valence-corrected chi connectivity index (χ4v) is 4.82. The average Bonchev–Trinajstić information content (AvgIpc) is 3.22. The molecule has 7 heteroatoms. The molecule has 4 rings (SSSR count). The van der Waals surface area contributed by atoms with Gasteiger partial charge in [-0.25, -0.2) is 4.79 Å². The number of ketones is 1. The van der Waals surface area contributed by atoms with Crippen molar-refractivity contribution in [1.29, 1.82) is 0 Å². The van der Waals surface area contributed by atoms with Crippen LogP contribution in [0, 0.1) is 0 Å². The molecule has 0 saturated carbocycles. The summed E-state index contributed by atoms with van der Waals surface area (Å²) in [7, 11) is 1.29. The van der Waals surface area contributed by atoms with Crippen molar-refractivity contribution in [3.05, 3.63) is 100 Å². The number of anilines is 1. The number of aliphatic hydroxyl groups excluding tert-OH is 1. The molecule has 1 N–H and O–H groups in total. The Morgan fingerprint density at radius 3 is 2.15 bits per heavy atom. The molecule has 0 aliphatic carbocycles. The zero-order valence-corrected chi connectivity index (χ0v) is 22.9. The number of aliphatic hydroxyl groups is 1. The topological polar surface area (TPSA) is 93.1 Å². The molecule has 1 saturated heterocycles. The molecule has 1 amide bonds. The highest BCUT2D eigenvalue weighted by molar-refractivity contribution is 6.51. The zero-order chi connectivity index (χ0) is 28.3. The first-order chi connectivity index (χ1) is 18.7. The number of hydrogen-bond acceptors (Lipinski definition) is 6. The van der Waals surface area contributed by atoms with Gasteiger partial charge >= 0.3 is 5.97 Å². The molecule has 7 nitrogen and oxygen atoms in total. The first kappa shape index (κ1) is 27.6. The number of amides is 1. The predicted molar refractivity (Wildman–Crippen MR) is 150 cm³/mol. The van der Waals surface area contributed by atoms with Crippen molar-refractivity contribution in [3.63, 3.8) is 0 Å². The van der Waals surface area contributed by atoms with Crippen LogP contribution in [0.1, 0.15) is 72.3 Å². The van der Waals surface area contributed by atoms with Crippen LogP contribution in [-0.4, -0.2) is 36.5 Å². The van der Waals surface area contributed by atoms with Crippen LogP contribution in [0.2, 0.25) is 0 Å². The summed E-state index contributed by atoms with van der Waals surface area (Å²) in [5, 5.41) is 11.6. The molecule has 1 aliphatic rings. The van der Waals surface area contributed by atoms with E-state index in [1.807, 2.05) is 52.0 Å². The van der Waals surface area contributed by atoms with Gasteiger partial charge in [-0.2, -0.15) is 0 Å². The second-order valence-corrected chi connectivity index (χ2v) is 9.64. The third kappa shape index (κ3) is 5.30. The molecule has 0 spiro atoms. The summed E-state index contributed by atoms with van der Waals surface area (Å²) in [4.78, 5) is 40.3. The lowest BCUT2D eigenvalue weighted by molar-refractivity contribution is -0.132. The van der Waals surface area contributed by atoms with Crippen LogP contribution in [0.25, 0.3) is 5.76 Å². The fourth-order valence-electron chi connectivity index (χ4n) is 4.82. The number of carbonyl (C=O) groups is 3. The van der Waals surface area contributed by atoms with E-state index in [9.17, 15) is 19.5 Å². The third-order valence-electron chi connectivity index (χ3n) is 6.92. The predicted octanol–water partition coefficient (Wildman–Crippen LogP) is 6.18. The fraction of sp³-hybridized carbons (Fsp3) is 0.281. The Balaban J connectivity index is 1.90. The molecule has 3 aromatic carbocycles. The van der Waals surface area contributed by atoms with Gasteiger partial charge in [0.25, 0.3) is 11.7 Å². The molecule has 39 heavy (non-hydrogen) atoms. The number of ether oxygens (including phenoxy) is 2. The smallest absolute Gasteiger partial charge is 0.337 e. The van der Waals surface area contributed by atoms with Crippen molar-refractivity contribution < 1.29 is 29.0 Å². The van der Waals surface area contributed by atoms with E-state index in [0.717, 1.165) is 17.5 Å². The molecule has 3 aromatic rings. The molecule has 1 heterocycles. The molecule has 1 unspecified atom stereocenters. The van der Waals surface area contributed by atoms with Crippen LogP contribution in [0.3, 0.4) is 0 Å². The molecule has 0 bridgehead atoms. The lowest BCUT2D eigenvalue weighted by atomic mass is 9.92. The zero-order valence-electron chi connectivity index (χ0n) is 22.9. The van der Waals surface area contributed by atoms with E-state index in [1.165, 1.54) is 12.0 Å². The van der Waals surface area contributed by atoms with Gasteiger partial charge in [0.05, 0.1) is 30.9 Å². The van der Waals surface area contributed by atoms with E-state index in [4.69, 9.17) is 9.47 Å². The van der Waals surface area contributed by atoms with Gasteiger partial charge in [-0.05, 0) is 78.4 Å². The van der Waals surface area contributed by atoms with Gasteiger partial charge in [0.2, 0.25) is 0 Å². The summed E-state index contributed by atoms with van der Waals surface area (Å²) in [6.07, 6.45) is 0.833. The first-order valence-corrected chi connectivity index (χ1v) is 13.1. The van der Waals surface area contributed by atoms with E-state index in [1.54, 1.807) is 42.5 Å². The molecular weight excluding hydrogens is 494 g/mol. The van der Waals surface area contributed by atoms with E-state index in [-0.39, 0.29) is 17.3 Å². The van der Waals surface area contributed by atoms with Crippen molar-refractivity contribution in [3.8, 4) is 5.75 Å². The van der Waals surface area contributed by atoms with Gasteiger partial charge in [0.15, 0.2) is 0 Å². The molecule has 1 aliphatic heterocycles. The van der Waals surface area contributed by atoms with E-state index in [2.05, 4.69) is 0 Å². The Morgan fingerprint density at radius 2 is 1.59 bits per heavy atom. The maximum Gasteiger partial charge on any atom is 0.337 e. The molecule has 1 fully saturated rings. The highest BCUT2D eigenvalue weighted by Gasteiger charge is 2.47. The minimum absolute atomic E-state index is 0.000147. The standard InChI is InChI=1S/C32H33NO6/c1-6-20-8-10-21(11-9-20)28-27(29(34)23-14-17-26(39-7-2)25(18-23)19(3)4)30(35)31(36)33(28)24-15-12-22(13-16-24)32(37)38-5/h8-19,28,34H,6-7H2,1-5H3/b29-27-. The number of aryl methyl sites for hydroxylation is 1. The second kappa shape index (κ2) is 11.6. The number of hydrogen-bond donors (Lipinski definition) is 1. The number of rotatable bonds is 8. The minimum Gasteiger partial charge on any atom is -0.507 e. The van der Waals surface area contributed by atoms with Gasteiger partial charge in [-0.3, -0.25) is 14.5 Å². The van der Waals surface area contributed by atoms with Crippen molar-refractivity contribution in [2.75, 3.05) is 18.6 Å². The molecule has 1 atom stereocenters. The Kier molecular flexibility index (Phi) is 8.19. The number of benzene rings is 3. The highest BCUT2D eigenvalue weighted by atomic mass is 16.5. The van der Waals surface area contributed by atoms with Crippen LogP contribution in [0.15, 0.2) is 72.3 Å². The van der Waals surface area contributed by atoms with Crippen LogP contribution in [0.4, 0.5) is 5.69 Å². The van der Waals surface area contributed by atoms with Crippen LogP contribution in [0.5, 0.6) is 5.75 Å². The largest absolute Gasteiger partial charge is 0.507 e. The average molecular weight is 528 g/mol. The normalized spacial score (nSPS) is 16.6. The number of methoxy groups -OCH3 is 1. The van der Waals surface area contributed by atoms with Crippen molar-refractivity contribution in [2.45, 2.75) is 46.1 Å². The molecule has 0 aromatic heterocycles. The molecule has 0 radical (unpaired) electrons. The third-order valence-corrected chi connectivity index (χ3v) is 6.92. The SMILES string of the molecule is CCOc1ccc(/C(O)=C2/C(=O)C(=O)N(c3ccc(C(=O)OC)cc3)C2c2ccc(CC)cc2)cc1C(C)C. The number of nitrogens with zero attached hydrogens (tertiary/aromatic N) is 1. The number of Topliss-reactive ketones (excluding diaryl/α,β-unsaturated/α-hetero) is 1. The van der Waals surface area contributed by atoms with E-state index < -0.39 is 23.7 Å². The quantitative estimate of drug-likeness (QED) is 0.163. The summed E-state index contributed by atoms with van der Waals surface area (Å²) < 4.78 is 10.5. The number of esters is 1. The lowest BCUT2D eigenvalue weighted by Crippen LogP contribution is -2.29. The monoisotopic (exact) mass is 527 g/mol. The highest BCUT2D eigenvalue weighted by Crippen LogP contribution is 2.43.